The smallest absolute Gasteiger partial charge is 0.305 e. The molecule has 0 amide bonds. The second-order valence-corrected chi connectivity index (χ2v) is 6.36. The van der Waals surface area contributed by atoms with Crippen molar-refractivity contribution in [2.24, 2.45) is 4.99 Å². The van der Waals surface area contributed by atoms with Crippen LogP contribution in [0.3, 0.4) is 0 Å². The molecule has 0 spiro atoms. The molecule has 0 aliphatic heterocycles. The molecule has 0 aromatic carbocycles. The summed E-state index contributed by atoms with van der Waals surface area (Å²) < 4.78 is 4.62. The first-order chi connectivity index (χ1) is 11.2. The van der Waals surface area contributed by atoms with Crippen LogP contribution in [0, 0.1) is 0 Å². The number of guanidine groups is 1. The highest BCUT2D eigenvalue weighted by molar-refractivity contribution is 14.0. The van der Waals surface area contributed by atoms with Gasteiger partial charge in [0.15, 0.2) is 5.96 Å². The number of hydrogen-bond acceptors (Lipinski definition) is 4. The molecule has 2 N–H and O–H groups in total. The van der Waals surface area contributed by atoms with Gasteiger partial charge in [-0.05, 0) is 41.1 Å². The zero-order valence-electron chi connectivity index (χ0n) is 14.8. The van der Waals surface area contributed by atoms with Crippen molar-refractivity contribution in [1.82, 2.24) is 10.6 Å². The molecule has 0 aliphatic rings. The molecule has 5 nitrogen and oxygen atoms in total. The van der Waals surface area contributed by atoms with E-state index in [9.17, 15) is 4.79 Å². The highest BCUT2D eigenvalue weighted by Crippen LogP contribution is 2.16. The number of methoxy groups -OCH3 is 1. The molecule has 1 rings (SSSR count). The van der Waals surface area contributed by atoms with Gasteiger partial charge in [0.1, 0.15) is 0 Å². The van der Waals surface area contributed by atoms with Crippen LogP contribution >= 0.6 is 35.3 Å². The number of nitrogens with one attached hydrogen (secondary N) is 2. The third-order valence-electron chi connectivity index (χ3n) is 3.74. The number of carbonyl (C=O) groups is 1. The standard InChI is InChI=1S/C17H29N3O2S.HI/c1-14(15-9-11-23-13-15)12-20-17(18-2)19-10-7-5-4-6-8-16(21)22-3;/h9,11,13-14H,4-8,10,12H2,1-3H3,(H2,18,19,20);1H. The van der Waals surface area contributed by atoms with Crippen LogP contribution in [0.2, 0.25) is 0 Å². The topological polar surface area (TPSA) is 62.7 Å². The van der Waals surface area contributed by atoms with E-state index in [-0.39, 0.29) is 29.9 Å². The maximum Gasteiger partial charge on any atom is 0.305 e. The lowest BCUT2D eigenvalue weighted by Gasteiger charge is -2.15. The summed E-state index contributed by atoms with van der Waals surface area (Å²) in [4.78, 5) is 15.2. The Bertz CT molecular complexity index is 466. The average molecular weight is 467 g/mol. The molecule has 138 valence electrons. The monoisotopic (exact) mass is 467 g/mol. The highest BCUT2D eigenvalue weighted by atomic mass is 127. The molecule has 1 aromatic heterocycles. The zero-order valence-corrected chi connectivity index (χ0v) is 18.0. The molecule has 0 saturated carbocycles. The van der Waals surface area contributed by atoms with E-state index in [4.69, 9.17) is 0 Å². The van der Waals surface area contributed by atoms with E-state index < -0.39 is 0 Å². The summed E-state index contributed by atoms with van der Waals surface area (Å²) in [5.41, 5.74) is 1.36. The molecule has 24 heavy (non-hydrogen) atoms. The quantitative estimate of drug-likeness (QED) is 0.181. The number of thiophene rings is 1. The SMILES string of the molecule is CN=C(NCCCCCCC(=O)OC)NCC(C)c1ccsc1.I. The van der Waals surface area contributed by atoms with E-state index in [0.29, 0.717) is 12.3 Å². The first kappa shape index (κ1) is 23.2. The van der Waals surface area contributed by atoms with Crippen molar-refractivity contribution in [2.75, 3.05) is 27.2 Å². The van der Waals surface area contributed by atoms with Crippen LogP contribution < -0.4 is 10.6 Å². The number of aliphatic imine (C=N–C) groups is 1. The van der Waals surface area contributed by atoms with E-state index in [0.717, 1.165) is 44.7 Å². The van der Waals surface area contributed by atoms with E-state index in [1.165, 1.54) is 12.7 Å². The van der Waals surface area contributed by atoms with E-state index >= 15 is 0 Å². The van der Waals surface area contributed by atoms with Gasteiger partial charge in [-0.2, -0.15) is 11.3 Å². The van der Waals surface area contributed by atoms with Gasteiger partial charge < -0.3 is 15.4 Å². The molecule has 1 aromatic rings. The Hall–Kier alpha value is -0.830. The van der Waals surface area contributed by atoms with Gasteiger partial charge in [-0.3, -0.25) is 9.79 Å². The summed E-state index contributed by atoms with van der Waals surface area (Å²) in [6.07, 6.45) is 4.65. The Morgan fingerprint density at radius 3 is 2.67 bits per heavy atom. The average Bonchev–Trinajstić information content (AvgIpc) is 3.10. The molecular formula is C17H30IN3O2S. The Morgan fingerprint density at radius 1 is 1.29 bits per heavy atom. The first-order valence-electron chi connectivity index (χ1n) is 8.20. The van der Waals surface area contributed by atoms with Crippen LogP contribution in [0.25, 0.3) is 0 Å². The lowest BCUT2D eigenvalue weighted by Crippen LogP contribution is -2.39. The Labute approximate surface area is 166 Å². The van der Waals surface area contributed by atoms with Crippen LogP contribution in [0.5, 0.6) is 0 Å². The molecule has 1 heterocycles. The number of unbranched alkanes of at least 4 members (excludes halogenated alkanes) is 3. The number of hydrogen-bond donors (Lipinski definition) is 2. The summed E-state index contributed by atoms with van der Waals surface area (Å²) in [5.74, 6) is 1.20. The van der Waals surface area contributed by atoms with E-state index in [1.807, 2.05) is 0 Å². The molecule has 0 aliphatic carbocycles. The minimum atomic E-state index is -0.118. The van der Waals surface area contributed by atoms with Gasteiger partial charge in [-0.1, -0.05) is 19.8 Å². The predicted octanol–water partition coefficient (Wildman–Crippen LogP) is 3.76. The molecule has 0 radical (unpaired) electrons. The number of halogens is 1. The molecule has 1 unspecified atom stereocenters. The van der Waals surface area contributed by atoms with Gasteiger partial charge in [0.2, 0.25) is 0 Å². The van der Waals surface area contributed by atoms with Gasteiger partial charge in [0, 0.05) is 26.6 Å². The molecule has 0 bridgehead atoms. The maximum absolute atomic E-state index is 11.0. The van der Waals surface area contributed by atoms with Gasteiger partial charge >= 0.3 is 5.97 Å². The Morgan fingerprint density at radius 2 is 2.04 bits per heavy atom. The molecule has 1 atom stereocenters. The summed E-state index contributed by atoms with van der Waals surface area (Å²) >= 11 is 1.73. The minimum Gasteiger partial charge on any atom is -0.469 e. The van der Waals surface area contributed by atoms with Crippen LogP contribution in [0.15, 0.2) is 21.8 Å². The molecule has 0 fully saturated rings. The van der Waals surface area contributed by atoms with Crippen molar-refractivity contribution in [2.45, 2.75) is 44.9 Å². The third kappa shape index (κ3) is 10.1. The predicted molar refractivity (Wildman–Crippen MR) is 113 cm³/mol. The lowest BCUT2D eigenvalue weighted by molar-refractivity contribution is -0.140. The van der Waals surface area contributed by atoms with Crippen LogP contribution in [0.1, 0.15) is 50.5 Å². The normalized spacial score (nSPS) is 12.2. The van der Waals surface area contributed by atoms with Crippen molar-refractivity contribution in [1.29, 1.82) is 0 Å². The van der Waals surface area contributed by atoms with Gasteiger partial charge in [-0.15, -0.1) is 24.0 Å². The fourth-order valence-corrected chi connectivity index (χ4v) is 2.98. The Balaban J connectivity index is 0.00000529. The minimum absolute atomic E-state index is 0. The molecular weight excluding hydrogens is 437 g/mol. The highest BCUT2D eigenvalue weighted by Gasteiger charge is 2.06. The van der Waals surface area contributed by atoms with Crippen molar-refractivity contribution in [3.63, 3.8) is 0 Å². The Kier molecular flexibility index (Phi) is 14.0. The second-order valence-electron chi connectivity index (χ2n) is 5.58. The number of rotatable bonds is 10. The summed E-state index contributed by atoms with van der Waals surface area (Å²) in [5, 5.41) is 11.0. The van der Waals surface area contributed by atoms with Gasteiger partial charge in [-0.25, -0.2) is 0 Å². The van der Waals surface area contributed by atoms with Crippen LogP contribution in [-0.2, 0) is 9.53 Å². The largest absolute Gasteiger partial charge is 0.469 e. The van der Waals surface area contributed by atoms with Crippen LogP contribution in [-0.4, -0.2) is 39.2 Å². The number of carbonyl (C=O) groups excluding carboxylic acids is 1. The van der Waals surface area contributed by atoms with Crippen molar-refractivity contribution in [3.8, 4) is 0 Å². The van der Waals surface area contributed by atoms with Gasteiger partial charge in [0.05, 0.1) is 7.11 Å². The number of esters is 1. The molecule has 0 saturated heterocycles. The van der Waals surface area contributed by atoms with E-state index in [2.05, 4.69) is 44.1 Å². The van der Waals surface area contributed by atoms with Crippen LogP contribution in [0.4, 0.5) is 0 Å². The van der Waals surface area contributed by atoms with Crippen molar-refractivity contribution < 1.29 is 9.53 Å². The molecule has 7 heteroatoms. The third-order valence-corrected chi connectivity index (χ3v) is 4.44. The fraction of sp³-hybridized carbons (Fsp3) is 0.647. The summed E-state index contributed by atoms with van der Waals surface area (Å²) in [7, 11) is 3.23. The fourth-order valence-electron chi connectivity index (χ4n) is 2.20. The lowest BCUT2D eigenvalue weighted by atomic mass is 10.1. The number of ether oxygens (including phenoxy) is 1. The zero-order chi connectivity index (χ0) is 16.9. The maximum atomic E-state index is 11.0. The van der Waals surface area contributed by atoms with E-state index in [1.54, 1.807) is 18.4 Å². The van der Waals surface area contributed by atoms with Crippen molar-refractivity contribution in [3.05, 3.63) is 22.4 Å². The van der Waals surface area contributed by atoms with Gasteiger partial charge in [0.25, 0.3) is 0 Å². The van der Waals surface area contributed by atoms with Crippen molar-refractivity contribution >= 4 is 47.2 Å². The first-order valence-corrected chi connectivity index (χ1v) is 9.15. The number of nitrogens with zero attached hydrogens (tertiary/aromatic N) is 1. The summed E-state index contributed by atoms with van der Waals surface area (Å²) in [6.45, 7) is 3.98. The summed E-state index contributed by atoms with van der Waals surface area (Å²) in [6, 6.07) is 2.17. The second kappa shape index (κ2) is 14.5.